The van der Waals surface area contributed by atoms with Crippen LogP contribution in [0.2, 0.25) is 0 Å². The summed E-state index contributed by atoms with van der Waals surface area (Å²) in [5, 5.41) is 8.91. The van der Waals surface area contributed by atoms with Crippen LogP contribution in [0, 0.1) is 17.1 Å². The summed E-state index contributed by atoms with van der Waals surface area (Å²) in [5.74, 6) is 0.472. The highest BCUT2D eigenvalue weighted by molar-refractivity contribution is 5.31. The van der Waals surface area contributed by atoms with Gasteiger partial charge in [-0.05, 0) is 41.5 Å². The van der Waals surface area contributed by atoms with Gasteiger partial charge in [-0.15, -0.1) is 0 Å². The van der Waals surface area contributed by atoms with E-state index in [0.29, 0.717) is 31.0 Å². The molecule has 0 aliphatic heterocycles. The Labute approximate surface area is 146 Å². The number of hydrogen-bond acceptors (Lipinski definition) is 4. The molecule has 1 heterocycles. The van der Waals surface area contributed by atoms with E-state index in [9.17, 15) is 4.39 Å². The first-order valence-electron chi connectivity index (χ1n) is 7.94. The predicted molar refractivity (Wildman–Crippen MR) is 92.5 cm³/mol. The zero-order chi connectivity index (χ0) is 17.5. The van der Waals surface area contributed by atoms with E-state index in [-0.39, 0.29) is 5.82 Å². The van der Waals surface area contributed by atoms with Crippen LogP contribution in [-0.2, 0) is 19.6 Å². The van der Waals surface area contributed by atoms with Gasteiger partial charge in [0.15, 0.2) is 0 Å². The third-order valence-electron chi connectivity index (χ3n) is 3.77. The van der Waals surface area contributed by atoms with E-state index in [2.05, 4.69) is 20.9 Å². The van der Waals surface area contributed by atoms with Gasteiger partial charge in [0.2, 0.25) is 0 Å². The number of nitrogens with zero attached hydrogens (tertiary/aromatic N) is 4. The topological polar surface area (TPSA) is 52.8 Å². The molecule has 0 atom stereocenters. The second kappa shape index (κ2) is 8.13. The summed E-state index contributed by atoms with van der Waals surface area (Å²) in [4.78, 5) is 10.7. The van der Waals surface area contributed by atoms with Gasteiger partial charge in [-0.3, -0.25) is 4.90 Å². The molecule has 0 fully saturated rings. The van der Waals surface area contributed by atoms with Gasteiger partial charge in [-0.2, -0.15) is 5.26 Å². The summed E-state index contributed by atoms with van der Waals surface area (Å²) in [5.41, 5.74) is 2.60. The molecule has 0 saturated heterocycles. The molecule has 0 unspecified atom stereocenters. The minimum Gasteiger partial charge on any atom is -0.287 e. The molecule has 1 aromatic heterocycles. The normalized spacial score (nSPS) is 10.6. The van der Waals surface area contributed by atoms with E-state index < -0.39 is 0 Å². The summed E-state index contributed by atoms with van der Waals surface area (Å²) in [6, 6.07) is 18.0. The lowest BCUT2D eigenvalue weighted by Gasteiger charge is -2.22. The van der Waals surface area contributed by atoms with Crippen molar-refractivity contribution in [3.63, 3.8) is 0 Å². The molecule has 4 nitrogen and oxygen atoms in total. The van der Waals surface area contributed by atoms with Crippen molar-refractivity contribution >= 4 is 0 Å². The lowest BCUT2D eigenvalue weighted by molar-refractivity contribution is 0.241. The predicted octanol–water partition coefficient (Wildman–Crippen LogP) is 3.69. The average Bonchev–Trinajstić information content (AvgIpc) is 2.63. The molecule has 2 aromatic carbocycles. The molecule has 0 aliphatic rings. The smallest absolute Gasteiger partial charge is 0.142 e. The van der Waals surface area contributed by atoms with Crippen LogP contribution in [0.3, 0.4) is 0 Å². The largest absolute Gasteiger partial charge is 0.287 e. The summed E-state index contributed by atoms with van der Waals surface area (Å²) < 4.78 is 13.5. The quantitative estimate of drug-likeness (QED) is 0.691. The monoisotopic (exact) mass is 332 g/mol. The Morgan fingerprint density at radius 3 is 2.28 bits per heavy atom. The van der Waals surface area contributed by atoms with Crippen LogP contribution >= 0.6 is 0 Å². The van der Waals surface area contributed by atoms with E-state index in [1.54, 1.807) is 36.7 Å². The number of halogens is 1. The highest BCUT2D eigenvalue weighted by Crippen LogP contribution is 2.14. The molecule has 25 heavy (non-hydrogen) atoms. The van der Waals surface area contributed by atoms with Gasteiger partial charge in [0, 0.05) is 25.5 Å². The first-order chi connectivity index (χ1) is 12.2. The van der Waals surface area contributed by atoms with Crippen molar-refractivity contribution in [3.05, 3.63) is 95.3 Å². The van der Waals surface area contributed by atoms with Gasteiger partial charge >= 0.3 is 0 Å². The van der Waals surface area contributed by atoms with Gasteiger partial charge < -0.3 is 0 Å². The molecule has 0 saturated carbocycles. The number of nitriles is 1. The first kappa shape index (κ1) is 16.7. The fourth-order valence-electron chi connectivity index (χ4n) is 2.62. The van der Waals surface area contributed by atoms with E-state index in [0.717, 1.165) is 11.1 Å². The number of rotatable bonds is 6. The SMILES string of the molecule is N#Cc1ccc(CN(Cc2cccc(F)c2)Cc2ncccn2)cc1. The Kier molecular flexibility index (Phi) is 5.45. The van der Waals surface area contributed by atoms with Crippen molar-refractivity contribution in [2.24, 2.45) is 0 Å². The Balaban J connectivity index is 1.78. The van der Waals surface area contributed by atoms with Gasteiger partial charge in [0.25, 0.3) is 0 Å². The summed E-state index contributed by atoms with van der Waals surface area (Å²) >= 11 is 0. The lowest BCUT2D eigenvalue weighted by Crippen LogP contribution is -2.23. The average molecular weight is 332 g/mol. The zero-order valence-corrected chi connectivity index (χ0v) is 13.6. The maximum atomic E-state index is 13.5. The van der Waals surface area contributed by atoms with Crippen LogP contribution < -0.4 is 0 Å². The maximum Gasteiger partial charge on any atom is 0.142 e. The van der Waals surface area contributed by atoms with Crippen LogP contribution in [0.15, 0.2) is 67.0 Å². The van der Waals surface area contributed by atoms with Crippen molar-refractivity contribution in [1.82, 2.24) is 14.9 Å². The molecule has 3 aromatic rings. The molecule has 0 amide bonds. The molecule has 0 aliphatic carbocycles. The van der Waals surface area contributed by atoms with Crippen molar-refractivity contribution in [2.75, 3.05) is 0 Å². The van der Waals surface area contributed by atoms with Crippen molar-refractivity contribution in [1.29, 1.82) is 5.26 Å². The van der Waals surface area contributed by atoms with E-state index in [1.165, 1.54) is 12.1 Å². The summed E-state index contributed by atoms with van der Waals surface area (Å²) in [6.45, 7) is 1.79. The molecule has 0 radical (unpaired) electrons. The highest BCUT2D eigenvalue weighted by Gasteiger charge is 2.10. The van der Waals surface area contributed by atoms with Crippen LogP contribution in [-0.4, -0.2) is 14.9 Å². The molecule has 124 valence electrons. The van der Waals surface area contributed by atoms with E-state index >= 15 is 0 Å². The second-order valence-electron chi connectivity index (χ2n) is 5.75. The number of benzene rings is 2. The Morgan fingerprint density at radius 2 is 1.60 bits per heavy atom. The highest BCUT2D eigenvalue weighted by atomic mass is 19.1. The van der Waals surface area contributed by atoms with Gasteiger partial charge in [-0.1, -0.05) is 24.3 Å². The van der Waals surface area contributed by atoms with Crippen molar-refractivity contribution in [2.45, 2.75) is 19.6 Å². The third kappa shape index (κ3) is 4.93. The lowest BCUT2D eigenvalue weighted by atomic mass is 10.1. The molecule has 5 heteroatoms. The Hall–Kier alpha value is -3.10. The zero-order valence-electron chi connectivity index (χ0n) is 13.6. The van der Waals surface area contributed by atoms with Crippen LogP contribution in [0.4, 0.5) is 4.39 Å². The van der Waals surface area contributed by atoms with E-state index in [4.69, 9.17) is 5.26 Å². The summed E-state index contributed by atoms with van der Waals surface area (Å²) in [7, 11) is 0. The van der Waals surface area contributed by atoms with E-state index in [1.807, 2.05) is 18.2 Å². The van der Waals surface area contributed by atoms with Crippen molar-refractivity contribution < 1.29 is 4.39 Å². The number of hydrogen-bond donors (Lipinski definition) is 0. The first-order valence-corrected chi connectivity index (χ1v) is 7.94. The molecule has 0 spiro atoms. The second-order valence-corrected chi connectivity index (χ2v) is 5.75. The molecule has 0 bridgehead atoms. The van der Waals surface area contributed by atoms with Crippen molar-refractivity contribution in [3.8, 4) is 6.07 Å². The summed E-state index contributed by atoms with van der Waals surface area (Å²) in [6.07, 6.45) is 3.43. The molecule has 0 N–H and O–H groups in total. The van der Waals surface area contributed by atoms with Gasteiger partial charge in [-0.25, -0.2) is 14.4 Å². The molecular formula is C20H17FN4. The van der Waals surface area contributed by atoms with Crippen LogP contribution in [0.1, 0.15) is 22.5 Å². The third-order valence-corrected chi connectivity index (χ3v) is 3.77. The minimum atomic E-state index is -0.244. The fraction of sp³-hybridized carbons (Fsp3) is 0.150. The standard InChI is InChI=1S/C20H17FN4/c21-19-4-1-3-18(11-19)14-25(15-20-23-9-2-10-24-20)13-17-7-5-16(12-22)6-8-17/h1-11H,13-15H2. The van der Waals surface area contributed by atoms with Gasteiger partial charge in [0.05, 0.1) is 18.2 Å². The molecule has 3 rings (SSSR count). The number of aromatic nitrogens is 2. The van der Waals surface area contributed by atoms with Crippen LogP contribution in [0.5, 0.6) is 0 Å². The van der Waals surface area contributed by atoms with Gasteiger partial charge in [0.1, 0.15) is 11.6 Å². The van der Waals surface area contributed by atoms with Crippen LogP contribution in [0.25, 0.3) is 0 Å². The fourth-order valence-corrected chi connectivity index (χ4v) is 2.62. The minimum absolute atomic E-state index is 0.244. The Bertz CT molecular complexity index is 857. The molecular weight excluding hydrogens is 315 g/mol. The Morgan fingerprint density at radius 1 is 0.880 bits per heavy atom. The maximum absolute atomic E-state index is 13.5.